The van der Waals surface area contributed by atoms with Gasteiger partial charge in [-0.15, -0.1) is 0 Å². The van der Waals surface area contributed by atoms with Crippen LogP contribution in [0.5, 0.6) is 0 Å². The zero-order valence-electron chi connectivity index (χ0n) is 24.5. The molecular formula is C33H35Cl2FN2O5S. The van der Waals surface area contributed by atoms with Crippen molar-refractivity contribution in [3.05, 3.63) is 99.8 Å². The number of nitrogens with zero attached hydrogens (tertiary/aromatic N) is 2. The number of halogens is 3. The summed E-state index contributed by atoms with van der Waals surface area (Å²) in [4.78, 5) is 28.6. The first-order chi connectivity index (χ1) is 20.8. The van der Waals surface area contributed by atoms with E-state index in [-0.39, 0.29) is 42.1 Å². The summed E-state index contributed by atoms with van der Waals surface area (Å²) in [6.45, 7) is 3.09. The summed E-state index contributed by atoms with van der Waals surface area (Å²) >= 11 is 12.7. The normalized spacial score (nSPS) is 22.9. The molecule has 1 N–H and O–H groups in total. The monoisotopic (exact) mass is 660 g/mol. The third kappa shape index (κ3) is 6.75. The summed E-state index contributed by atoms with van der Waals surface area (Å²) < 4.78 is 42.7. The van der Waals surface area contributed by atoms with E-state index < -0.39 is 45.7 Å². The second-order valence-electron chi connectivity index (χ2n) is 12.0. The SMILES string of the molecule is CCS(=O)(=O)N(CC(C1CC1)N1C(=O)[C@@](C)(CC(=O)O)C[C@H](c2cccc(Cl)c2)[C@H]1c1ccc(Cl)cc1)c1cccc(F)c1. The second kappa shape index (κ2) is 12.7. The van der Waals surface area contributed by atoms with Gasteiger partial charge in [0.1, 0.15) is 5.82 Å². The van der Waals surface area contributed by atoms with Crippen LogP contribution in [0.1, 0.15) is 62.6 Å². The number of rotatable bonds is 11. The maximum absolute atomic E-state index is 14.7. The minimum Gasteiger partial charge on any atom is -0.481 e. The molecule has 234 valence electrons. The number of carbonyl (C=O) groups is 2. The van der Waals surface area contributed by atoms with E-state index in [1.165, 1.54) is 35.5 Å². The average Bonchev–Trinajstić information content (AvgIpc) is 3.81. The Kier molecular flexibility index (Phi) is 9.31. The number of amides is 1. The number of anilines is 1. The Labute approximate surface area is 267 Å². The molecule has 1 aliphatic heterocycles. The molecule has 44 heavy (non-hydrogen) atoms. The summed E-state index contributed by atoms with van der Waals surface area (Å²) in [5.41, 5.74) is 0.503. The Balaban J connectivity index is 1.71. The van der Waals surface area contributed by atoms with E-state index in [1.54, 1.807) is 30.0 Å². The second-order valence-corrected chi connectivity index (χ2v) is 15.1. The zero-order valence-corrected chi connectivity index (χ0v) is 26.8. The van der Waals surface area contributed by atoms with Crippen LogP contribution in [0.2, 0.25) is 10.0 Å². The molecule has 7 nitrogen and oxygen atoms in total. The van der Waals surface area contributed by atoms with Crippen LogP contribution in [0.25, 0.3) is 0 Å². The van der Waals surface area contributed by atoms with Crippen molar-refractivity contribution < 1.29 is 27.5 Å². The summed E-state index contributed by atoms with van der Waals surface area (Å²) in [6, 6.07) is 18.7. The van der Waals surface area contributed by atoms with Gasteiger partial charge < -0.3 is 10.0 Å². The Hall–Kier alpha value is -3.14. The third-order valence-corrected chi connectivity index (χ3v) is 11.1. The highest BCUT2D eigenvalue weighted by Gasteiger charge is 2.55. The molecule has 1 unspecified atom stereocenters. The van der Waals surface area contributed by atoms with Crippen molar-refractivity contribution in [2.45, 2.75) is 57.5 Å². The van der Waals surface area contributed by atoms with Crippen molar-refractivity contribution in [1.82, 2.24) is 4.90 Å². The van der Waals surface area contributed by atoms with Gasteiger partial charge in [0.25, 0.3) is 0 Å². The molecule has 0 aromatic heterocycles. The number of aliphatic carboxylic acids is 1. The number of benzene rings is 3. The fourth-order valence-corrected chi connectivity index (χ4v) is 7.98. The lowest BCUT2D eigenvalue weighted by atomic mass is 9.67. The summed E-state index contributed by atoms with van der Waals surface area (Å²) in [5, 5.41) is 11.0. The predicted octanol–water partition coefficient (Wildman–Crippen LogP) is 7.31. The van der Waals surface area contributed by atoms with Gasteiger partial charge in [-0.05, 0) is 85.7 Å². The molecule has 1 saturated heterocycles. The van der Waals surface area contributed by atoms with Gasteiger partial charge in [-0.1, -0.05) is 60.5 Å². The lowest BCUT2D eigenvalue weighted by Crippen LogP contribution is -2.59. The maximum Gasteiger partial charge on any atom is 0.304 e. The molecule has 1 saturated carbocycles. The van der Waals surface area contributed by atoms with Gasteiger partial charge in [-0.25, -0.2) is 12.8 Å². The van der Waals surface area contributed by atoms with Gasteiger partial charge in [0.15, 0.2) is 0 Å². The summed E-state index contributed by atoms with van der Waals surface area (Å²) in [6.07, 6.45) is 1.37. The van der Waals surface area contributed by atoms with Crippen LogP contribution in [0.3, 0.4) is 0 Å². The first kappa shape index (κ1) is 32.3. The van der Waals surface area contributed by atoms with Gasteiger partial charge in [0.05, 0.1) is 41.9 Å². The number of likely N-dealkylation sites (tertiary alicyclic amines) is 1. The van der Waals surface area contributed by atoms with Crippen LogP contribution >= 0.6 is 23.2 Å². The Morgan fingerprint density at radius 3 is 2.32 bits per heavy atom. The molecule has 0 spiro atoms. The molecule has 1 heterocycles. The van der Waals surface area contributed by atoms with Crippen molar-refractivity contribution in [3.8, 4) is 0 Å². The molecule has 1 amide bonds. The van der Waals surface area contributed by atoms with E-state index in [1.807, 2.05) is 30.3 Å². The predicted molar refractivity (Wildman–Crippen MR) is 170 cm³/mol. The first-order valence-corrected chi connectivity index (χ1v) is 17.0. The Bertz CT molecular complexity index is 1650. The van der Waals surface area contributed by atoms with Gasteiger partial charge in [0.2, 0.25) is 15.9 Å². The van der Waals surface area contributed by atoms with Crippen molar-refractivity contribution >= 4 is 50.8 Å². The molecule has 4 atom stereocenters. The van der Waals surface area contributed by atoms with Crippen LogP contribution in [0.4, 0.5) is 10.1 Å². The number of hydrogen-bond acceptors (Lipinski definition) is 4. The van der Waals surface area contributed by atoms with Crippen molar-refractivity contribution in [2.75, 3.05) is 16.6 Å². The molecule has 3 aromatic rings. The molecule has 2 aliphatic rings. The number of hydrogen-bond donors (Lipinski definition) is 1. The third-order valence-electron chi connectivity index (χ3n) is 8.80. The number of sulfonamides is 1. The standard InChI is InChI=1S/C33H35Cl2FN2O5S/c1-3-44(42,43)37(27-9-5-8-26(36)17-27)20-29(21-10-11-21)38-31(22-12-14-24(34)15-13-22)28(23-6-4-7-25(35)16-23)18-33(2,32(38)41)19-30(39)40/h4-9,12-17,21,28-29,31H,3,10-11,18-20H2,1-2H3,(H,39,40)/t28-,29?,31-,33-/m1/s1. The van der Waals surface area contributed by atoms with Gasteiger partial charge in [-0.3, -0.25) is 13.9 Å². The molecule has 3 aromatic carbocycles. The molecule has 0 radical (unpaired) electrons. The Morgan fingerprint density at radius 2 is 1.73 bits per heavy atom. The first-order valence-electron chi connectivity index (χ1n) is 14.6. The van der Waals surface area contributed by atoms with Gasteiger partial charge in [-0.2, -0.15) is 0 Å². The zero-order chi connectivity index (χ0) is 31.8. The van der Waals surface area contributed by atoms with Crippen molar-refractivity contribution in [2.24, 2.45) is 11.3 Å². The summed E-state index contributed by atoms with van der Waals surface area (Å²) in [5.74, 6) is -2.67. The van der Waals surface area contributed by atoms with E-state index in [0.717, 1.165) is 24.0 Å². The van der Waals surface area contributed by atoms with Crippen LogP contribution in [0, 0.1) is 17.2 Å². The molecule has 2 fully saturated rings. The molecule has 11 heteroatoms. The largest absolute Gasteiger partial charge is 0.481 e. The smallest absolute Gasteiger partial charge is 0.304 e. The van der Waals surface area contributed by atoms with E-state index in [9.17, 15) is 27.5 Å². The highest BCUT2D eigenvalue weighted by Crippen LogP contribution is 2.54. The maximum atomic E-state index is 14.7. The van der Waals surface area contributed by atoms with Gasteiger partial charge >= 0.3 is 5.97 Å². The quantitative estimate of drug-likeness (QED) is 0.233. The lowest BCUT2D eigenvalue weighted by Gasteiger charge is -2.52. The number of carbonyl (C=O) groups excluding carboxylic acids is 1. The molecule has 1 aliphatic carbocycles. The van der Waals surface area contributed by atoms with Crippen molar-refractivity contribution in [3.63, 3.8) is 0 Å². The number of carboxylic acids is 1. The highest BCUT2D eigenvalue weighted by molar-refractivity contribution is 7.92. The number of piperidine rings is 1. The fourth-order valence-electron chi connectivity index (χ4n) is 6.53. The highest BCUT2D eigenvalue weighted by atomic mass is 35.5. The van der Waals surface area contributed by atoms with E-state index >= 15 is 0 Å². The molecule has 5 rings (SSSR count). The minimum atomic E-state index is -3.89. The van der Waals surface area contributed by atoms with E-state index in [0.29, 0.717) is 10.0 Å². The lowest BCUT2D eigenvalue weighted by molar-refractivity contribution is -0.160. The van der Waals surface area contributed by atoms with Crippen LogP contribution in [-0.2, 0) is 19.6 Å². The van der Waals surface area contributed by atoms with Gasteiger partial charge in [0, 0.05) is 16.0 Å². The topological polar surface area (TPSA) is 95.0 Å². The van der Waals surface area contributed by atoms with Crippen LogP contribution in [-0.4, -0.2) is 48.6 Å². The number of carboxylic acid groups (broad SMARTS) is 1. The average molecular weight is 662 g/mol. The van der Waals surface area contributed by atoms with Crippen LogP contribution < -0.4 is 4.31 Å². The fraction of sp³-hybridized carbons (Fsp3) is 0.394. The molecule has 0 bridgehead atoms. The van der Waals surface area contributed by atoms with Crippen molar-refractivity contribution in [1.29, 1.82) is 0 Å². The summed E-state index contributed by atoms with van der Waals surface area (Å²) in [7, 11) is -3.89. The molecular weight excluding hydrogens is 626 g/mol. The minimum absolute atomic E-state index is 0.0379. The van der Waals surface area contributed by atoms with E-state index in [4.69, 9.17) is 23.2 Å². The van der Waals surface area contributed by atoms with Crippen LogP contribution in [0.15, 0.2) is 72.8 Å². The Morgan fingerprint density at radius 1 is 1.05 bits per heavy atom. The van der Waals surface area contributed by atoms with E-state index in [2.05, 4.69) is 0 Å².